The van der Waals surface area contributed by atoms with Crippen LogP contribution in [-0.4, -0.2) is 94.6 Å². The van der Waals surface area contributed by atoms with Crippen LogP contribution in [0.2, 0.25) is 5.02 Å². The lowest BCUT2D eigenvalue weighted by atomic mass is 9.92. The number of ether oxygens (including phenoxy) is 2. The van der Waals surface area contributed by atoms with Gasteiger partial charge in [0, 0.05) is 50.5 Å². The second kappa shape index (κ2) is 16.4. The quantitative estimate of drug-likeness (QED) is 0.300. The molecule has 5 aliphatic rings. The number of carbonyl (C=O) groups excluding carboxylic acids is 3. The van der Waals surface area contributed by atoms with Gasteiger partial charge in [-0.25, -0.2) is 0 Å². The molecule has 8 rings (SSSR count). The van der Waals surface area contributed by atoms with Crippen molar-refractivity contribution in [3.63, 3.8) is 0 Å². The molecule has 6 bridgehead atoms. The Labute approximate surface area is 298 Å². The number of likely N-dealkylation sites (tertiary alicyclic amines) is 1. The SMILES string of the molecule is CC1(C)CNC(=O)c2ccc(cc2)Nc2nc(nc(OCC(F)(F)F)n2)NCc2ccc(c(Cl)c2)OCCCN(C(=O)C(=O)N2CCCCC2)C1. The van der Waals surface area contributed by atoms with Crippen LogP contribution in [0.5, 0.6) is 11.8 Å². The van der Waals surface area contributed by atoms with Crippen molar-refractivity contribution in [3.8, 4) is 11.8 Å². The third-order valence-corrected chi connectivity index (χ3v) is 8.42. The van der Waals surface area contributed by atoms with Crippen LogP contribution in [0.25, 0.3) is 0 Å². The maximum Gasteiger partial charge on any atom is 0.422 e. The maximum absolute atomic E-state index is 13.5. The van der Waals surface area contributed by atoms with E-state index >= 15 is 0 Å². The molecule has 0 spiro atoms. The Kier molecular flexibility index (Phi) is 12.1. The molecule has 1 aromatic heterocycles. The number of carbonyl (C=O) groups is 3. The van der Waals surface area contributed by atoms with Gasteiger partial charge in [0.1, 0.15) is 5.75 Å². The first-order chi connectivity index (χ1) is 24.2. The topological polar surface area (TPSA) is 151 Å². The lowest BCUT2D eigenvalue weighted by molar-refractivity contribution is -0.154. The van der Waals surface area contributed by atoms with Gasteiger partial charge in [-0.1, -0.05) is 31.5 Å². The first kappa shape index (κ1) is 37.4. The fourth-order valence-corrected chi connectivity index (χ4v) is 5.80. The summed E-state index contributed by atoms with van der Waals surface area (Å²) < 4.78 is 49.4. The third-order valence-electron chi connectivity index (χ3n) is 8.12. The van der Waals surface area contributed by atoms with E-state index in [1.54, 1.807) is 47.4 Å². The van der Waals surface area contributed by atoms with E-state index in [0.717, 1.165) is 19.3 Å². The van der Waals surface area contributed by atoms with Gasteiger partial charge < -0.3 is 35.2 Å². The van der Waals surface area contributed by atoms with Crippen LogP contribution >= 0.6 is 11.6 Å². The summed E-state index contributed by atoms with van der Waals surface area (Å²) in [6.45, 7) is 4.30. The number of alkyl halides is 3. The number of nitrogens with one attached hydrogen (secondary N) is 3. The Morgan fingerprint density at radius 2 is 1.61 bits per heavy atom. The molecule has 1 saturated heterocycles. The first-order valence-corrected chi connectivity index (χ1v) is 17.0. The number of hydrogen-bond acceptors (Lipinski definition) is 10. The van der Waals surface area contributed by atoms with Gasteiger partial charge in [-0.15, -0.1) is 0 Å². The summed E-state index contributed by atoms with van der Waals surface area (Å²) in [5.74, 6) is -1.23. The minimum atomic E-state index is -4.61. The average molecular weight is 733 g/mol. The molecule has 274 valence electrons. The molecule has 0 unspecified atom stereocenters. The highest BCUT2D eigenvalue weighted by Crippen LogP contribution is 2.27. The zero-order valence-corrected chi connectivity index (χ0v) is 29.1. The predicted octanol–water partition coefficient (Wildman–Crippen LogP) is 5.20. The maximum atomic E-state index is 13.5. The van der Waals surface area contributed by atoms with Crippen molar-refractivity contribution in [1.82, 2.24) is 30.1 Å². The monoisotopic (exact) mass is 732 g/mol. The third kappa shape index (κ3) is 11.1. The van der Waals surface area contributed by atoms with E-state index in [1.807, 2.05) is 13.8 Å². The summed E-state index contributed by atoms with van der Waals surface area (Å²) in [4.78, 5) is 55.2. The molecule has 13 nitrogen and oxygen atoms in total. The number of amides is 3. The summed E-state index contributed by atoms with van der Waals surface area (Å²) in [5, 5.41) is 9.07. The zero-order valence-electron chi connectivity index (χ0n) is 28.3. The molecule has 6 heterocycles. The summed E-state index contributed by atoms with van der Waals surface area (Å²) in [6, 6.07) is 10.8. The van der Waals surface area contributed by atoms with Crippen molar-refractivity contribution in [3.05, 3.63) is 58.6 Å². The number of anilines is 3. The van der Waals surface area contributed by atoms with E-state index in [-0.39, 0.29) is 50.6 Å². The number of benzene rings is 2. The van der Waals surface area contributed by atoms with Crippen molar-refractivity contribution in [1.29, 1.82) is 0 Å². The van der Waals surface area contributed by atoms with Crippen molar-refractivity contribution in [2.45, 2.75) is 52.3 Å². The van der Waals surface area contributed by atoms with Crippen LogP contribution in [0, 0.1) is 5.41 Å². The molecule has 3 N–H and O–H groups in total. The smallest absolute Gasteiger partial charge is 0.422 e. The average Bonchev–Trinajstić information content (AvgIpc) is 3.10. The summed E-state index contributed by atoms with van der Waals surface area (Å²) >= 11 is 6.51. The molecule has 51 heavy (non-hydrogen) atoms. The summed E-state index contributed by atoms with van der Waals surface area (Å²) in [7, 11) is 0. The fourth-order valence-electron chi connectivity index (χ4n) is 5.54. The number of nitrogens with zero attached hydrogens (tertiary/aromatic N) is 5. The Morgan fingerprint density at radius 1 is 0.922 bits per heavy atom. The normalized spacial score (nSPS) is 17.3. The van der Waals surface area contributed by atoms with Gasteiger partial charge in [0.2, 0.25) is 11.9 Å². The highest BCUT2D eigenvalue weighted by Gasteiger charge is 2.32. The van der Waals surface area contributed by atoms with E-state index < -0.39 is 36.0 Å². The molecule has 3 amide bonds. The standard InChI is InChI=1S/C34H40ClF3N8O5/c1-33(2)19-40-27(47)23-8-10-24(11-9-23)41-31-42-30(43-32(44-31)51-21-34(36,37)38)39-18-22-7-12-26(25(35)17-22)50-16-6-15-46(20-33)29(49)28(48)45-13-4-3-5-14-45/h7-12,17H,3-6,13-16,18-21H2,1-2H3,(H,40,47)(H2,39,41,42,43,44). The first-order valence-electron chi connectivity index (χ1n) is 16.6. The van der Waals surface area contributed by atoms with Crippen molar-refractivity contribution < 1.29 is 37.0 Å². The largest absolute Gasteiger partial charge is 0.492 e. The number of rotatable bonds is 2. The predicted molar refractivity (Wildman–Crippen MR) is 183 cm³/mol. The van der Waals surface area contributed by atoms with Crippen LogP contribution in [0.1, 0.15) is 55.5 Å². The van der Waals surface area contributed by atoms with Crippen LogP contribution in [0.4, 0.5) is 30.8 Å². The molecule has 0 atom stereocenters. The Hall–Kier alpha value is -4.86. The molecule has 0 radical (unpaired) electrons. The van der Waals surface area contributed by atoms with E-state index in [4.69, 9.17) is 21.1 Å². The van der Waals surface area contributed by atoms with E-state index in [2.05, 4.69) is 30.9 Å². The van der Waals surface area contributed by atoms with Gasteiger partial charge in [0.05, 0.1) is 11.6 Å². The van der Waals surface area contributed by atoms with Gasteiger partial charge in [-0.05, 0) is 73.1 Å². The summed E-state index contributed by atoms with van der Waals surface area (Å²) in [5.41, 5.74) is 0.862. The minimum Gasteiger partial charge on any atom is -0.492 e. The highest BCUT2D eigenvalue weighted by atomic mass is 35.5. The van der Waals surface area contributed by atoms with Gasteiger partial charge in [-0.3, -0.25) is 14.4 Å². The lowest BCUT2D eigenvalue weighted by Crippen LogP contribution is -2.51. The lowest BCUT2D eigenvalue weighted by Gasteiger charge is -2.34. The van der Waals surface area contributed by atoms with E-state index in [1.165, 1.54) is 4.90 Å². The molecule has 2 aromatic carbocycles. The van der Waals surface area contributed by atoms with Gasteiger partial charge in [-0.2, -0.15) is 28.1 Å². The van der Waals surface area contributed by atoms with Gasteiger partial charge in [0.25, 0.3) is 5.91 Å². The molecule has 3 aromatic rings. The second-order valence-electron chi connectivity index (χ2n) is 13.1. The Balaban J connectivity index is 1.38. The number of halogens is 4. The van der Waals surface area contributed by atoms with Crippen LogP contribution < -0.4 is 25.4 Å². The fraction of sp³-hybridized carbons (Fsp3) is 0.471. The molecular weight excluding hydrogens is 693 g/mol. The Bertz CT molecular complexity index is 1700. The van der Waals surface area contributed by atoms with Crippen LogP contribution in [0.15, 0.2) is 42.5 Å². The minimum absolute atomic E-state index is 0.0629. The molecule has 1 fully saturated rings. The van der Waals surface area contributed by atoms with Crippen molar-refractivity contribution >= 4 is 46.9 Å². The van der Waals surface area contributed by atoms with Crippen LogP contribution in [-0.2, 0) is 16.1 Å². The zero-order chi connectivity index (χ0) is 36.6. The molecule has 5 aliphatic heterocycles. The van der Waals surface area contributed by atoms with Gasteiger partial charge in [0.15, 0.2) is 6.61 Å². The second-order valence-corrected chi connectivity index (χ2v) is 13.5. The van der Waals surface area contributed by atoms with Gasteiger partial charge >= 0.3 is 24.0 Å². The highest BCUT2D eigenvalue weighted by molar-refractivity contribution is 6.35. The molecule has 17 heteroatoms. The van der Waals surface area contributed by atoms with E-state index in [0.29, 0.717) is 47.1 Å². The number of aromatic nitrogens is 3. The van der Waals surface area contributed by atoms with E-state index in [9.17, 15) is 27.6 Å². The number of hydrogen-bond donors (Lipinski definition) is 3. The Morgan fingerprint density at radius 3 is 2.31 bits per heavy atom. The molecule has 0 aliphatic carbocycles. The molecular formula is C34H40ClF3N8O5. The number of piperidine rings is 1. The molecule has 0 saturated carbocycles. The summed E-state index contributed by atoms with van der Waals surface area (Å²) in [6.07, 6.45) is -1.47. The van der Waals surface area contributed by atoms with Crippen molar-refractivity contribution in [2.24, 2.45) is 5.41 Å². The van der Waals surface area contributed by atoms with Crippen molar-refractivity contribution in [2.75, 3.05) is 56.6 Å². The van der Waals surface area contributed by atoms with Crippen LogP contribution in [0.3, 0.4) is 0 Å².